The number of rotatable bonds is 9. The molecule has 1 aliphatic carbocycles. The molecule has 214 valence electrons. The van der Waals surface area contributed by atoms with Crippen LogP contribution in [0.15, 0.2) is 72.8 Å². The Labute approximate surface area is 245 Å². The summed E-state index contributed by atoms with van der Waals surface area (Å²) in [6.45, 7) is -1.22. The first-order valence-corrected chi connectivity index (χ1v) is 13.6. The van der Waals surface area contributed by atoms with Gasteiger partial charge in [0, 0.05) is 27.0 Å². The minimum Gasteiger partial charge on any atom is -0.477 e. The molecule has 0 fully saturated rings. The molecule has 0 radical (unpaired) electrons. The van der Waals surface area contributed by atoms with Gasteiger partial charge in [0.05, 0.1) is 13.1 Å². The summed E-state index contributed by atoms with van der Waals surface area (Å²) >= 11 is 12.2. The number of carbonyl (C=O) groups excluding carboxylic acids is 2. The molecule has 3 aromatic rings. The van der Waals surface area contributed by atoms with Gasteiger partial charge in [0.25, 0.3) is 5.91 Å². The molecule has 4 rings (SSSR count). The van der Waals surface area contributed by atoms with Crippen LogP contribution in [-0.2, 0) is 11.3 Å². The van der Waals surface area contributed by atoms with Crippen molar-refractivity contribution >= 4 is 58.1 Å². The highest BCUT2D eigenvalue weighted by Crippen LogP contribution is 2.29. The molecule has 11 heteroatoms. The van der Waals surface area contributed by atoms with Crippen LogP contribution in [0, 0.1) is 0 Å². The predicted molar refractivity (Wildman–Crippen MR) is 156 cm³/mol. The third-order valence-electron chi connectivity index (χ3n) is 6.54. The highest BCUT2D eigenvalue weighted by Gasteiger charge is 2.39. The number of aliphatic carboxylic acids is 1. The minimum absolute atomic E-state index is 0.0598. The largest absolute Gasteiger partial charge is 0.477 e. The maximum Gasteiger partial charge on any atom is 0.376 e. The van der Waals surface area contributed by atoms with Gasteiger partial charge in [0.15, 0.2) is 0 Å². The number of benzene rings is 3. The summed E-state index contributed by atoms with van der Waals surface area (Å²) in [5.41, 5.74) is 4.11. The Kier molecular flexibility index (Phi) is 9.62. The third-order valence-corrected chi connectivity index (χ3v) is 6.98. The van der Waals surface area contributed by atoms with Crippen LogP contribution >= 0.6 is 23.2 Å². The average molecular weight is 602 g/mol. The molecule has 0 saturated carbocycles. The van der Waals surface area contributed by atoms with Gasteiger partial charge >= 0.3 is 17.9 Å². The minimum atomic E-state index is -4.08. The zero-order chi connectivity index (χ0) is 29.6. The van der Waals surface area contributed by atoms with Gasteiger partial charge in [-0.2, -0.15) is 8.78 Å². The van der Waals surface area contributed by atoms with E-state index in [9.17, 15) is 23.2 Å². The Morgan fingerprint density at radius 3 is 2.17 bits per heavy atom. The van der Waals surface area contributed by atoms with E-state index in [1.165, 1.54) is 29.0 Å². The van der Waals surface area contributed by atoms with Crippen LogP contribution in [0.5, 0.6) is 0 Å². The Morgan fingerprint density at radius 1 is 0.927 bits per heavy atom. The first kappa shape index (κ1) is 30.0. The molecule has 0 aliphatic heterocycles. The van der Waals surface area contributed by atoms with E-state index in [0.29, 0.717) is 27.0 Å². The van der Waals surface area contributed by atoms with E-state index in [1.54, 1.807) is 30.3 Å². The second kappa shape index (κ2) is 13.1. The van der Waals surface area contributed by atoms with Crippen LogP contribution < -0.4 is 15.5 Å². The first-order valence-electron chi connectivity index (χ1n) is 12.8. The number of alkyl halides is 2. The fourth-order valence-electron chi connectivity index (χ4n) is 4.37. The summed E-state index contributed by atoms with van der Waals surface area (Å²) in [5, 5.41) is 14.0. The Morgan fingerprint density at radius 2 is 1.59 bits per heavy atom. The molecule has 0 aromatic heterocycles. The van der Waals surface area contributed by atoms with E-state index in [4.69, 9.17) is 28.3 Å². The molecule has 0 saturated heterocycles. The molecule has 41 heavy (non-hydrogen) atoms. The summed E-state index contributed by atoms with van der Waals surface area (Å²) in [7, 11) is 0. The topological polar surface area (TPSA) is 98.7 Å². The van der Waals surface area contributed by atoms with Crippen LogP contribution in [0.3, 0.4) is 0 Å². The number of hydrogen-bond acceptors (Lipinski definition) is 3. The molecule has 7 nitrogen and oxygen atoms in total. The van der Waals surface area contributed by atoms with Crippen LogP contribution in [-0.4, -0.2) is 35.5 Å². The first-order chi connectivity index (χ1) is 19.5. The van der Waals surface area contributed by atoms with Gasteiger partial charge in [0.1, 0.15) is 0 Å². The number of carboxylic acid groups (broad SMARTS) is 1. The molecule has 0 bridgehead atoms. The average Bonchev–Trinajstić information content (AvgIpc) is 2.95. The maximum absolute atomic E-state index is 13.5. The summed E-state index contributed by atoms with van der Waals surface area (Å²) in [6.07, 6.45) is 6.61. The Hall–Kier alpha value is -3.95. The molecule has 3 aromatic carbocycles. The van der Waals surface area contributed by atoms with Crippen LogP contribution in [0.4, 0.5) is 25.0 Å². The van der Waals surface area contributed by atoms with Gasteiger partial charge < -0.3 is 15.7 Å². The van der Waals surface area contributed by atoms with Crippen molar-refractivity contribution in [1.82, 2.24) is 5.32 Å². The Bertz CT molecular complexity index is 1440. The summed E-state index contributed by atoms with van der Waals surface area (Å²) in [4.78, 5) is 37.8. The van der Waals surface area contributed by atoms with E-state index in [2.05, 4.69) is 11.4 Å². The molecule has 0 atom stereocenters. The molecular formula is C30H27Cl2F2N3O4. The molecule has 1 aliphatic rings. The van der Waals surface area contributed by atoms with Gasteiger partial charge in [-0.05, 0) is 84.8 Å². The van der Waals surface area contributed by atoms with E-state index >= 15 is 0 Å². The number of anilines is 2. The maximum atomic E-state index is 13.5. The molecule has 0 heterocycles. The number of hydrogen-bond donors (Lipinski definition) is 3. The van der Waals surface area contributed by atoms with Crippen LogP contribution in [0.2, 0.25) is 10.0 Å². The lowest BCUT2D eigenvalue weighted by Crippen LogP contribution is -2.42. The van der Waals surface area contributed by atoms with E-state index in [-0.39, 0.29) is 12.1 Å². The number of carbonyl (C=O) groups is 3. The van der Waals surface area contributed by atoms with Gasteiger partial charge in [-0.3, -0.25) is 9.69 Å². The lowest BCUT2D eigenvalue weighted by Gasteiger charge is -2.24. The molecule has 0 spiro atoms. The van der Waals surface area contributed by atoms with Crippen LogP contribution in [0.25, 0.3) is 5.57 Å². The number of allylic oxidation sites excluding steroid dienone is 2. The summed E-state index contributed by atoms with van der Waals surface area (Å²) < 4.78 is 26.6. The van der Waals surface area contributed by atoms with Crippen molar-refractivity contribution in [3.8, 4) is 0 Å². The highest BCUT2D eigenvalue weighted by molar-refractivity contribution is 6.35. The van der Waals surface area contributed by atoms with Crippen LogP contribution in [0.1, 0.15) is 47.2 Å². The van der Waals surface area contributed by atoms with Gasteiger partial charge in [-0.15, -0.1) is 0 Å². The lowest BCUT2D eigenvalue weighted by atomic mass is 9.93. The van der Waals surface area contributed by atoms with Gasteiger partial charge in [-0.25, -0.2) is 9.59 Å². The lowest BCUT2D eigenvalue weighted by molar-refractivity contribution is -0.163. The van der Waals surface area contributed by atoms with E-state index < -0.39 is 30.4 Å². The van der Waals surface area contributed by atoms with Crippen molar-refractivity contribution < 1.29 is 28.3 Å². The SMILES string of the molecule is O=C(NCC(F)(F)C(=O)O)c1ccc(CN(C(=O)Nc2cc(Cl)cc(Cl)c2)c2ccc(C3=CCCCC3)cc2)cc1. The number of halogens is 4. The van der Waals surface area contributed by atoms with Crippen molar-refractivity contribution in [2.45, 2.75) is 38.2 Å². The highest BCUT2D eigenvalue weighted by atomic mass is 35.5. The van der Waals surface area contributed by atoms with Crippen molar-refractivity contribution in [2.75, 3.05) is 16.8 Å². The monoisotopic (exact) mass is 601 g/mol. The third kappa shape index (κ3) is 8.05. The number of nitrogens with one attached hydrogen (secondary N) is 2. The quantitative estimate of drug-likeness (QED) is 0.235. The van der Waals surface area contributed by atoms with Crippen molar-refractivity contribution in [3.63, 3.8) is 0 Å². The van der Waals surface area contributed by atoms with Crippen molar-refractivity contribution in [1.29, 1.82) is 0 Å². The molecular weight excluding hydrogens is 575 g/mol. The predicted octanol–water partition coefficient (Wildman–Crippen LogP) is 7.64. The summed E-state index contributed by atoms with van der Waals surface area (Å²) in [6, 6.07) is 17.9. The van der Waals surface area contributed by atoms with Gasteiger partial charge in [0.2, 0.25) is 0 Å². The fraction of sp³-hybridized carbons (Fsp3) is 0.233. The molecule has 3 N–H and O–H groups in total. The number of carboxylic acids is 1. The van der Waals surface area contributed by atoms with Gasteiger partial charge in [-0.1, -0.05) is 53.5 Å². The van der Waals surface area contributed by atoms with Crippen molar-refractivity contribution in [2.24, 2.45) is 0 Å². The number of amides is 3. The molecule has 3 amide bonds. The standard InChI is InChI=1S/C30H27Cl2F2N3O4/c31-23-14-24(32)16-25(15-23)36-29(41)37(26-12-10-21(11-13-26)20-4-2-1-3-5-20)17-19-6-8-22(9-7-19)27(38)35-18-30(33,34)28(39)40/h4,6-16H,1-3,5,17-18H2,(H,35,38)(H,36,41)(H,39,40). The second-order valence-electron chi connectivity index (χ2n) is 9.59. The normalized spacial score (nSPS) is 13.2. The summed E-state index contributed by atoms with van der Waals surface area (Å²) in [5.74, 6) is -7.26. The fourth-order valence-corrected chi connectivity index (χ4v) is 4.89. The molecule has 0 unspecified atom stereocenters. The number of urea groups is 1. The zero-order valence-corrected chi connectivity index (χ0v) is 23.3. The van der Waals surface area contributed by atoms with E-state index in [1.807, 2.05) is 29.6 Å². The second-order valence-corrected chi connectivity index (χ2v) is 10.5. The smallest absolute Gasteiger partial charge is 0.376 e. The number of nitrogens with zero attached hydrogens (tertiary/aromatic N) is 1. The van der Waals surface area contributed by atoms with E-state index in [0.717, 1.165) is 24.8 Å². The zero-order valence-electron chi connectivity index (χ0n) is 21.8. The van der Waals surface area contributed by atoms with Crippen molar-refractivity contribution in [3.05, 3.63) is 99.5 Å². The Balaban J connectivity index is 1.54.